The van der Waals surface area contributed by atoms with Crippen molar-refractivity contribution in [2.24, 2.45) is 5.92 Å². The Morgan fingerprint density at radius 1 is 1.40 bits per heavy atom. The lowest BCUT2D eigenvalue weighted by atomic mass is 9.99. The molecule has 116 valence electrons. The molecule has 1 aromatic rings. The Hall–Kier alpha value is -0.660. The number of nitrogens with zero attached hydrogens (tertiary/aromatic N) is 1. The highest BCUT2D eigenvalue weighted by atomic mass is 35.5. The van der Waals surface area contributed by atoms with Crippen molar-refractivity contribution in [1.29, 1.82) is 0 Å². The molecule has 1 atom stereocenters. The summed E-state index contributed by atoms with van der Waals surface area (Å²) in [6.45, 7) is 1.78. The van der Waals surface area contributed by atoms with E-state index in [1.165, 1.54) is 7.11 Å². The zero-order valence-corrected chi connectivity index (χ0v) is 12.8. The van der Waals surface area contributed by atoms with Crippen LogP contribution in [0.3, 0.4) is 0 Å². The number of ether oxygens (including phenoxy) is 1. The normalized spacial score (nSPS) is 18.1. The molecule has 2 heterocycles. The maximum absolute atomic E-state index is 12.7. The molecule has 8 heteroatoms. The van der Waals surface area contributed by atoms with Crippen LogP contribution in [0.4, 0.5) is 13.2 Å². The Morgan fingerprint density at radius 2 is 2.10 bits per heavy atom. The van der Waals surface area contributed by atoms with Crippen molar-refractivity contribution in [3.05, 3.63) is 23.4 Å². The molecule has 1 unspecified atom stereocenters. The SMILES string of the molecule is COc1cc(CC2CCNC2)cc(C(F)(F)F)n1.Cl.S. The van der Waals surface area contributed by atoms with Crippen LogP contribution in [-0.4, -0.2) is 25.2 Å². The minimum Gasteiger partial charge on any atom is -0.481 e. The zero-order valence-electron chi connectivity index (χ0n) is 11.0. The van der Waals surface area contributed by atoms with E-state index in [2.05, 4.69) is 10.3 Å². The fourth-order valence-corrected chi connectivity index (χ4v) is 2.15. The van der Waals surface area contributed by atoms with Gasteiger partial charge in [0.15, 0.2) is 0 Å². The molecule has 1 saturated heterocycles. The quantitative estimate of drug-likeness (QED) is 0.925. The smallest absolute Gasteiger partial charge is 0.433 e. The Bertz CT molecular complexity index is 426. The predicted molar refractivity (Wildman–Crippen MR) is 78.1 cm³/mol. The molecule has 0 spiro atoms. The molecule has 1 aromatic heterocycles. The molecule has 20 heavy (non-hydrogen) atoms. The van der Waals surface area contributed by atoms with Crippen molar-refractivity contribution in [2.45, 2.75) is 19.0 Å². The third-order valence-corrected chi connectivity index (χ3v) is 3.05. The van der Waals surface area contributed by atoms with Gasteiger partial charge in [-0.25, -0.2) is 4.98 Å². The van der Waals surface area contributed by atoms with Gasteiger partial charge in [0.1, 0.15) is 5.69 Å². The number of hydrogen-bond acceptors (Lipinski definition) is 3. The van der Waals surface area contributed by atoms with Crippen molar-refractivity contribution in [2.75, 3.05) is 20.2 Å². The summed E-state index contributed by atoms with van der Waals surface area (Å²) in [6, 6.07) is 2.69. The lowest BCUT2D eigenvalue weighted by molar-refractivity contribution is -0.141. The second kappa shape index (κ2) is 7.95. The van der Waals surface area contributed by atoms with E-state index in [1.54, 1.807) is 6.07 Å². The number of hydrogen-bond donors (Lipinski definition) is 1. The van der Waals surface area contributed by atoms with Crippen molar-refractivity contribution in [1.82, 2.24) is 10.3 Å². The van der Waals surface area contributed by atoms with Gasteiger partial charge < -0.3 is 10.1 Å². The van der Waals surface area contributed by atoms with E-state index in [9.17, 15) is 13.2 Å². The number of halogens is 4. The average Bonchev–Trinajstić information content (AvgIpc) is 2.80. The number of methoxy groups -OCH3 is 1. The van der Waals surface area contributed by atoms with Crippen molar-refractivity contribution < 1.29 is 17.9 Å². The third kappa shape index (κ3) is 5.03. The van der Waals surface area contributed by atoms with E-state index in [1.807, 2.05) is 0 Å². The summed E-state index contributed by atoms with van der Waals surface area (Å²) in [4.78, 5) is 3.43. The molecular weight excluding hydrogens is 313 g/mol. The van der Waals surface area contributed by atoms with Crippen LogP contribution in [0.5, 0.6) is 5.88 Å². The molecule has 1 aliphatic rings. The van der Waals surface area contributed by atoms with Crippen LogP contribution >= 0.6 is 25.9 Å². The summed E-state index contributed by atoms with van der Waals surface area (Å²) in [6.07, 6.45) is -2.82. The first-order valence-electron chi connectivity index (χ1n) is 5.82. The van der Waals surface area contributed by atoms with Crippen molar-refractivity contribution in [3.8, 4) is 5.88 Å². The summed E-state index contributed by atoms with van der Waals surface area (Å²) >= 11 is 0. The number of pyridine rings is 1. The van der Waals surface area contributed by atoms with Crippen molar-refractivity contribution in [3.63, 3.8) is 0 Å². The predicted octanol–water partition coefficient (Wildman–Crippen LogP) is 2.80. The summed E-state index contributed by atoms with van der Waals surface area (Å²) < 4.78 is 42.8. The molecular formula is C12H18ClF3N2OS. The van der Waals surface area contributed by atoms with Gasteiger partial charge in [-0.1, -0.05) is 0 Å². The molecule has 1 fully saturated rings. The van der Waals surface area contributed by atoms with E-state index in [0.29, 0.717) is 17.9 Å². The molecule has 1 aliphatic heterocycles. The fraction of sp³-hybridized carbons (Fsp3) is 0.583. The maximum atomic E-state index is 12.7. The second-order valence-corrected chi connectivity index (χ2v) is 4.46. The summed E-state index contributed by atoms with van der Waals surface area (Å²) in [5.74, 6) is 0.406. The first kappa shape index (κ1) is 19.3. The molecule has 0 amide bonds. The topological polar surface area (TPSA) is 34.1 Å². The minimum absolute atomic E-state index is 0. The van der Waals surface area contributed by atoms with E-state index in [0.717, 1.165) is 25.6 Å². The fourth-order valence-electron chi connectivity index (χ4n) is 2.15. The average molecular weight is 331 g/mol. The summed E-state index contributed by atoms with van der Waals surface area (Å²) in [5.41, 5.74) is -0.259. The lowest BCUT2D eigenvalue weighted by Crippen LogP contribution is -2.13. The number of rotatable bonds is 3. The van der Waals surface area contributed by atoms with Gasteiger partial charge in [0.2, 0.25) is 5.88 Å². The number of aromatic nitrogens is 1. The molecule has 1 N–H and O–H groups in total. The van der Waals surface area contributed by atoms with Crippen LogP contribution in [0.15, 0.2) is 12.1 Å². The molecule has 0 radical (unpaired) electrons. The van der Waals surface area contributed by atoms with Gasteiger partial charge in [-0.2, -0.15) is 26.7 Å². The standard InChI is InChI=1S/C12H15F3N2O.ClH.H2S/c1-18-11-6-9(4-8-2-3-16-7-8)5-10(17-11)12(13,14)15;;/h5-6,8,16H,2-4,7H2,1H3;1H;1H2. The highest BCUT2D eigenvalue weighted by molar-refractivity contribution is 7.59. The second-order valence-electron chi connectivity index (χ2n) is 4.46. The van der Waals surface area contributed by atoms with Crippen LogP contribution in [0.25, 0.3) is 0 Å². The molecule has 0 bridgehead atoms. The van der Waals surface area contributed by atoms with Crippen LogP contribution in [-0.2, 0) is 12.6 Å². The summed E-state index contributed by atoms with van der Waals surface area (Å²) in [5, 5.41) is 3.20. The van der Waals surface area contributed by atoms with Crippen LogP contribution in [0.2, 0.25) is 0 Å². The first-order valence-corrected chi connectivity index (χ1v) is 5.82. The monoisotopic (exact) mass is 330 g/mol. The molecule has 3 nitrogen and oxygen atoms in total. The zero-order chi connectivity index (χ0) is 13.2. The highest BCUT2D eigenvalue weighted by Crippen LogP contribution is 2.30. The van der Waals surface area contributed by atoms with E-state index < -0.39 is 11.9 Å². The Balaban J connectivity index is 0.00000180. The van der Waals surface area contributed by atoms with Gasteiger partial charge in [-0.3, -0.25) is 0 Å². The van der Waals surface area contributed by atoms with Crippen molar-refractivity contribution >= 4 is 25.9 Å². The minimum atomic E-state index is -4.43. The molecule has 0 saturated carbocycles. The highest BCUT2D eigenvalue weighted by Gasteiger charge is 2.33. The van der Waals surface area contributed by atoms with Crippen LogP contribution in [0.1, 0.15) is 17.7 Å². The van der Waals surface area contributed by atoms with Crippen LogP contribution < -0.4 is 10.1 Å². The summed E-state index contributed by atoms with van der Waals surface area (Å²) in [7, 11) is 1.32. The number of nitrogens with one attached hydrogen (secondary N) is 1. The van der Waals surface area contributed by atoms with E-state index in [4.69, 9.17) is 4.74 Å². The number of alkyl halides is 3. The van der Waals surface area contributed by atoms with Gasteiger partial charge in [-0.15, -0.1) is 12.4 Å². The van der Waals surface area contributed by atoms with Gasteiger partial charge in [0.05, 0.1) is 7.11 Å². The van der Waals surface area contributed by atoms with Gasteiger partial charge in [0.25, 0.3) is 0 Å². The van der Waals surface area contributed by atoms with Gasteiger partial charge in [-0.05, 0) is 43.5 Å². The van der Waals surface area contributed by atoms with E-state index >= 15 is 0 Å². The van der Waals surface area contributed by atoms with Crippen LogP contribution in [0, 0.1) is 5.92 Å². The Labute approximate surface area is 129 Å². The molecule has 0 aromatic carbocycles. The molecule has 0 aliphatic carbocycles. The maximum Gasteiger partial charge on any atom is 0.433 e. The largest absolute Gasteiger partial charge is 0.481 e. The first-order chi connectivity index (χ1) is 8.49. The Morgan fingerprint density at radius 3 is 2.60 bits per heavy atom. The lowest BCUT2D eigenvalue weighted by Gasteiger charge is -2.12. The molecule has 2 rings (SSSR count). The third-order valence-electron chi connectivity index (χ3n) is 3.05. The Kier molecular flexibility index (Phi) is 7.69. The van der Waals surface area contributed by atoms with E-state index in [-0.39, 0.29) is 31.8 Å². The van der Waals surface area contributed by atoms with Gasteiger partial charge >= 0.3 is 6.18 Å². The van der Waals surface area contributed by atoms with Gasteiger partial charge in [0, 0.05) is 6.07 Å².